The molecule has 0 saturated heterocycles. The van der Waals surface area contributed by atoms with Gasteiger partial charge in [0, 0.05) is 29.6 Å². The van der Waals surface area contributed by atoms with Crippen molar-refractivity contribution < 1.29 is 0 Å². The second-order valence-corrected chi connectivity index (χ2v) is 5.62. The number of benzene rings is 1. The molecule has 0 bridgehead atoms. The maximum Gasteiger partial charge on any atom is 0.128 e. The number of alkyl halides is 1. The molecule has 94 valence electrons. The van der Waals surface area contributed by atoms with Crippen molar-refractivity contribution in [3.8, 4) is 0 Å². The molecule has 0 saturated carbocycles. The first-order valence-corrected chi connectivity index (χ1v) is 7.57. The van der Waals surface area contributed by atoms with E-state index in [2.05, 4.69) is 85.2 Å². The highest BCUT2D eigenvalue weighted by atomic mass is 79.9. The highest BCUT2D eigenvalue weighted by Crippen LogP contribution is 2.16. The van der Waals surface area contributed by atoms with Crippen LogP contribution in [0.25, 0.3) is 0 Å². The van der Waals surface area contributed by atoms with Crippen LogP contribution in [0.15, 0.2) is 47.1 Å². The second-order valence-electron chi connectivity index (χ2n) is 4.14. The fourth-order valence-electron chi connectivity index (χ4n) is 1.67. The fraction of sp³-hybridized carbons (Fsp3) is 0.214. The third-order valence-electron chi connectivity index (χ3n) is 2.69. The lowest BCUT2D eigenvalue weighted by atomic mass is 10.2. The van der Waals surface area contributed by atoms with E-state index in [1.165, 1.54) is 11.1 Å². The van der Waals surface area contributed by atoms with Crippen molar-refractivity contribution in [1.29, 1.82) is 0 Å². The summed E-state index contributed by atoms with van der Waals surface area (Å²) >= 11 is 6.86. The highest BCUT2D eigenvalue weighted by Gasteiger charge is 2.03. The van der Waals surface area contributed by atoms with Crippen LogP contribution < -0.4 is 4.90 Å². The number of hydrogen-bond donors (Lipinski definition) is 0. The van der Waals surface area contributed by atoms with Crippen LogP contribution in [0.1, 0.15) is 11.1 Å². The molecular formula is C14H14Br2N2. The van der Waals surface area contributed by atoms with Crippen molar-refractivity contribution in [2.24, 2.45) is 0 Å². The molecule has 0 aliphatic carbocycles. The van der Waals surface area contributed by atoms with Crippen LogP contribution in [0, 0.1) is 0 Å². The standard InChI is InChI=1S/C14H14Br2N2/c1-18(10-11-2-5-13(16)6-3-11)14-7-4-12(8-15)9-17-14/h2-7,9H,8,10H2,1H3. The average molecular weight is 370 g/mol. The maximum absolute atomic E-state index is 4.45. The Morgan fingerprint density at radius 3 is 2.28 bits per heavy atom. The summed E-state index contributed by atoms with van der Waals surface area (Å²) in [6, 6.07) is 12.5. The van der Waals surface area contributed by atoms with Gasteiger partial charge in [0.05, 0.1) is 0 Å². The Morgan fingerprint density at radius 2 is 1.72 bits per heavy atom. The molecule has 2 rings (SSSR count). The summed E-state index contributed by atoms with van der Waals surface area (Å²) in [4.78, 5) is 6.59. The molecule has 1 heterocycles. The Bertz CT molecular complexity index is 494. The molecule has 0 atom stereocenters. The van der Waals surface area contributed by atoms with Gasteiger partial charge >= 0.3 is 0 Å². The molecule has 1 aromatic carbocycles. The Balaban J connectivity index is 2.06. The first-order chi connectivity index (χ1) is 8.69. The maximum atomic E-state index is 4.45. The van der Waals surface area contributed by atoms with Crippen LogP contribution in [0.3, 0.4) is 0 Å². The minimum absolute atomic E-state index is 0.844. The third-order valence-corrected chi connectivity index (χ3v) is 3.86. The largest absolute Gasteiger partial charge is 0.355 e. The summed E-state index contributed by atoms with van der Waals surface area (Å²) in [6.45, 7) is 0.855. The van der Waals surface area contributed by atoms with Crippen molar-refractivity contribution in [1.82, 2.24) is 4.98 Å². The van der Waals surface area contributed by atoms with Gasteiger partial charge < -0.3 is 4.90 Å². The van der Waals surface area contributed by atoms with Crippen molar-refractivity contribution in [3.63, 3.8) is 0 Å². The van der Waals surface area contributed by atoms with E-state index in [-0.39, 0.29) is 0 Å². The molecule has 0 unspecified atom stereocenters. The minimum atomic E-state index is 0.844. The van der Waals surface area contributed by atoms with Gasteiger partial charge in [-0.2, -0.15) is 0 Å². The molecule has 0 radical (unpaired) electrons. The molecule has 0 spiro atoms. The molecule has 4 heteroatoms. The van der Waals surface area contributed by atoms with Crippen LogP contribution in [0.5, 0.6) is 0 Å². The van der Waals surface area contributed by atoms with Crippen LogP contribution in [-0.4, -0.2) is 12.0 Å². The quantitative estimate of drug-likeness (QED) is 0.743. The van der Waals surface area contributed by atoms with E-state index in [0.29, 0.717) is 0 Å². The Morgan fingerprint density at radius 1 is 1.06 bits per heavy atom. The van der Waals surface area contributed by atoms with Gasteiger partial charge in [0.25, 0.3) is 0 Å². The third kappa shape index (κ3) is 3.56. The monoisotopic (exact) mass is 368 g/mol. The smallest absolute Gasteiger partial charge is 0.128 e. The van der Waals surface area contributed by atoms with Gasteiger partial charge in [-0.25, -0.2) is 4.98 Å². The molecule has 2 nitrogen and oxygen atoms in total. The van der Waals surface area contributed by atoms with Crippen molar-refractivity contribution in [3.05, 3.63) is 58.2 Å². The first kappa shape index (κ1) is 13.6. The molecule has 0 aliphatic heterocycles. The average Bonchev–Trinajstić information content (AvgIpc) is 2.41. The van der Waals surface area contributed by atoms with E-state index in [1.54, 1.807) is 0 Å². The van der Waals surface area contributed by atoms with Crippen molar-refractivity contribution in [2.75, 3.05) is 11.9 Å². The van der Waals surface area contributed by atoms with Gasteiger partial charge in [-0.05, 0) is 29.3 Å². The number of rotatable bonds is 4. The van der Waals surface area contributed by atoms with E-state index < -0.39 is 0 Å². The zero-order valence-electron chi connectivity index (χ0n) is 10.1. The number of aromatic nitrogens is 1. The fourth-order valence-corrected chi connectivity index (χ4v) is 2.26. The number of hydrogen-bond acceptors (Lipinski definition) is 2. The van der Waals surface area contributed by atoms with Crippen molar-refractivity contribution >= 4 is 37.7 Å². The molecule has 0 fully saturated rings. The topological polar surface area (TPSA) is 16.1 Å². The predicted octanol–water partition coefficient (Wildman–Crippen LogP) is 4.38. The zero-order chi connectivity index (χ0) is 13.0. The number of nitrogens with zero attached hydrogens (tertiary/aromatic N) is 2. The normalized spacial score (nSPS) is 10.4. The van der Waals surface area contributed by atoms with Gasteiger partial charge in [-0.3, -0.25) is 0 Å². The van der Waals surface area contributed by atoms with Crippen LogP contribution >= 0.6 is 31.9 Å². The summed E-state index contributed by atoms with van der Waals surface area (Å²) in [6.07, 6.45) is 1.90. The van der Waals surface area contributed by atoms with Crippen LogP contribution in [0.2, 0.25) is 0 Å². The zero-order valence-corrected chi connectivity index (χ0v) is 13.3. The SMILES string of the molecule is CN(Cc1ccc(Br)cc1)c1ccc(CBr)cn1. The van der Waals surface area contributed by atoms with E-state index in [0.717, 1.165) is 22.2 Å². The summed E-state index contributed by atoms with van der Waals surface area (Å²) in [5.41, 5.74) is 2.46. The molecular weight excluding hydrogens is 356 g/mol. The van der Waals surface area contributed by atoms with E-state index >= 15 is 0 Å². The lowest BCUT2D eigenvalue weighted by Crippen LogP contribution is -2.17. The molecule has 18 heavy (non-hydrogen) atoms. The van der Waals surface area contributed by atoms with Gasteiger partial charge in [0.2, 0.25) is 0 Å². The lowest BCUT2D eigenvalue weighted by molar-refractivity contribution is 0.896. The van der Waals surface area contributed by atoms with Gasteiger partial charge in [0.15, 0.2) is 0 Å². The predicted molar refractivity (Wildman–Crippen MR) is 83.1 cm³/mol. The number of halogens is 2. The van der Waals surface area contributed by atoms with Crippen molar-refractivity contribution in [2.45, 2.75) is 11.9 Å². The number of anilines is 1. The Kier molecular flexibility index (Phi) is 4.78. The minimum Gasteiger partial charge on any atom is -0.355 e. The van der Waals surface area contributed by atoms with Crippen LogP contribution in [-0.2, 0) is 11.9 Å². The van der Waals surface area contributed by atoms with Crippen LogP contribution in [0.4, 0.5) is 5.82 Å². The summed E-state index contributed by atoms with van der Waals surface area (Å²) in [7, 11) is 2.05. The highest BCUT2D eigenvalue weighted by molar-refractivity contribution is 9.10. The lowest BCUT2D eigenvalue weighted by Gasteiger charge is -2.18. The second kappa shape index (κ2) is 6.34. The Hall–Kier alpha value is -0.870. The van der Waals surface area contributed by atoms with Gasteiger partial charge in [0.1, 0.15) is 5.82 Å². The summed E-state index contributed by atoms with van der Waals surface area (Å²) < 4.78 is 1.11. The molecule has 1 aromatic heterocycles. The molecule has 0 aliphatic rings. The van der Waals surface area contributed by atoms with E-state index in [4.69, 9.17) is 0 Å². The molecule has 2 aromatic rings. The summed E-state index contributed by atoms with van der Waals surface area (Å²) in [5.74, 6) is 0.989. The molecule has 0 N–H and O–H groups in total. The first-order valence-electron chi connectivity index (χ1n) is 5.65. The number of pyridine rings is 1. The molecule has 0 amide bonds. The summed E-state index contributed by atoms with van der Waals surface area (Å²) in [5, 5.41) is 0.844. The van der Waals surface area contributed by atoms with Gasteiger partial charge in [-0.15, -0.1) is 0 Å². The van der Waals surface area contributed by atoms with E-state index in [1.807, 2.05) is 6.20 Å². The van der Waals surface area contributed by atoms with E-state index in [9.17, 15) is 0 Å². The Labute approximate surface area is 124 Å². The van der Waals surface area contributed by atoms with Gasteiger partial charge in [-0.1, -0.05) is 50.1 Å².